The van der Waals surface area contributed by atoms with E-state index in [1.165, 1.54) is 5.56 Å². The molecule has 0 spiro atoms. The summed E-state index contributed by atoms with van der Waals surface area (Å²) in [6.07, 6.45) is 4.73. The zero-order chi connectivity index (χ0) is 25.2. The van der Waals surface area contributed by atoms with Crippen LogP contribution in [0.15, 0.2) is 48.7 Å². The number of β-amino-alcohol motifs (C(OH)–C–C–N with tert-alkyl or cyclic N) is 1. The standard InChI is InChI=1S/C29H37N3O3.CH4/c1-5-21-17-24-18-23(28(35)31-15-13-25(33)19-31)12-16-32(24)26(21)27(34)22-10-8-20(9-11-22)7-6-14-30-29(2,3)4;/h8-12,16-18,25,30,33H,5-7,13-15,19H2,1-4H3;1H4/t25-;/m0./s1. The van der Waals surface area contributed by atoms with Crippen molar-refractivity contribution in [1.82, 2.24) is 14.6 Å². The van der Waals surface area contributed by atoms with Gasteiger partial charge in [0.15, 0.2) is 0 Å². The third-order valence-electron chi connectivity index (χ3n) is 6.66. The molecule has 2 aromatic heterocycles. The lowest BCUT2D eigenvalue weighted by Crippen LogP contribution is -2.36. The smallest absolute Gasteiger partial charge is 0.254 e. The van der Waals surface area contributed by atoms with Crippen molar-refractivity contribution >= 4 is 17.2 Å². The number of nitrogens with one attached hydrogen (secondary N) is 1. The van der Waals surface area contributed by atoms with E-state index in [1.807, 2.05) is 53.9 Å². The highest BCUT2D eigenvalue weighted by molar-refractivity contribution is 6.10. The summed E-state index contributed by atoms with van der Waals surface area (Å²) in [7, 11) is 0. The molecule has 0 unspecified atom stereocenters. The van der Waals surface area contributed by atoms with Gasteiger partial charge in [0.05, 0.1) is 11.8 Å². The number of nitrogens with zero attached hydrogens (tertiary/aromatic N) is 2. The van der Waals surface area contributed by atoms with Crippen molar-refractivity contribution in [2.75, 3.05) is 19.6 Å². The fourth-order valence-corrected chi connectivity index (χ4v) is 4.72. The van der Waals surface area contributed by atoms with E-state index in [9.17, 15) is 14.7 Å². The molecule has 6 heteroatoms. The van der Waals surface area contributed by atoms with E-state index in [1.54, 1.807) is 11.0 Å². The molecular weight excluding hydrogens is 450 g/mol. The van der Waals surface area contributed by atoms with Gasteiger partial charge in [-0.25, -0.2) is 0 Å². The molecule has 0 radical (unpaired) electrons. The van der Waals surface area contributed by atoms with E-state index in [-0.39, 0.29) is 24.7 Å². The van der Waals surface area contributed by atoms with Crippen LogP contribution in [0.3, 0.4) is 0 Å². The van der Waals surface area contributed by atoms with E-state index in [4.69, 9.17) is 0 Å². The van der Waals surface area contributed by atoms with E-state index >= 15 is 0 Å². The van der Waals surface area contributed by atoms with Gasteiger partial charge in [-0.05, 0) is 82.3 Å². The molecular formula is C30H41N3O3. The third-order valence-corrected chi connectivity index (χ3v) is 6.66. The second kappa shape index (κ2) is 11.4. The molecule has 0 bridgehead atoms. The molecule has 3 heterocycles. The van der Waals surface area contributed by atoms with Crippen LogP contribution in [0.1, 0.15) is 85.5 Å². The number of carbonyl (C=O) groups is 2. The van der Waals surface area contributed by atoms with E-state index < -0.39 is 6.10 Å². The predicted molar refractivity (Wildman–Crippen MR) is 146 cm³/mol. The minimum absolute atomic E-state index is 0. The lowest BCUT2D eigenvalue weighted by Gasteiger charge is -2.20. The number of aromatic nitrogens is 1. The van der Waals surface area contributed by atoms with Gasteiger partial charge in [-0.1, -0.05) is 38.6 Å². The highest BCUT2D eigenvalue weighted by Gasteiger charge is 2.26. The van der Waals surface area contributed by atoms with Gasteiger partial charge in [-0.15, -0.1) is 0 Å². The van der Waals surface area contributed by atoms with Crippen LogP contribution in [0.2, 0.25) is 0 Å². The number of benzene rings is 1. The third kappa shape index (κ3) is 6.23. The summed E-state index contributed by atoms with van der Waals surface area (Å²) in [6, 6.07) is 13.6. The molecule has 1 atom stereocenters. The molecule has 0 saturated carbocycles. The number of aliphatic hydroxyl groups is 1. The van der Waals surface area contributed by atoms with Crippen LogP contribution in [0.4, 0.5) is 0 Å². The van der Waals surface area contributed by atoms with Crippen LogP contribution >= 0.6 is 0 Å². The number of amides is 1. The van der Waals surface area contributed by atoms with Crippen LogP contribution in [-0.2, 0) is 12.8 Å². The fourth-order valence-electron chi connectivity index (χ4n) is 4.72. The number of ketones is 1. The van der Waals surface area contributed by atoms with Crippen LogP contribution in [0.5, 0.6) is 0 Å². The number of aliphatic hydroxyl groups excluding tert-OH is 1. The van der Waals surface area contributed by atoms with Gasteiger partial charge in [0.2, 0.25) is 5.78 Å². The Morgan fingerprint density at radius 1 is 1.08 bits per heavy atom. The molecule has 6 nitrogen and oxygen atoms in total. The van der Waals surface area contributed by atoms with Crippen molar-refractivity contribution in [3.63, 3.8) is 0 Å². The van der Waals surface area contributed by atoms with Gasteiger partial charge in [0, 0.05) is 41.5 Å². The fraction of sp³-hybridized carbons (Fsp3) is 0.467. The predicted octanol–water partition coefficient (Wildman–Crippen LogP) is 4.90. The number of likely N-dealkylation sites (tertiary alicyclic amines) is 1. The number of hydrogen-bond acceptors (Lipinski definition) is 4. The average molecular weight is 492 g/mol. The summed E-state index contributed by atoms with van der Waals surface area (Å²) in [6.45, 7) is 10.4. The lowest BCUT2D eigenvalue weighted by molar-refractivity contribution is 0.0765. The molecule has 1 amide bonds. The van der Waals surface area contributed by atoms with Crippen molar-refractivity contribution in [2.45, 2.75) is 72.4 Å². The van der Waals surface area contributed by atoms with Crippen molar-refractivity contribution in [3.05, 3.63) is 76.6 Å². The van der Waals surface area contributed by atoms with Crippen molar-refractivity contribution in [2.24, 2.45) is 0 Å². The summed E-state index contributed by atoms with van der Waals surface area (Å²) in [4.78, 5) is 28.1. The quantitative estimate of drug-likeness (QED) is 0.347. The van der Waals surface area contributed by atoms with Gasteiger partial charge >= 0.3 is 0 Å². The zero-order valence-corrected chi connectivity index (χ0v) is 21.3. The molecule has 1 aliphatic heterocycles. The van der Waals surface area contributed by atoms with Crippen molar-refractivity contribution in [3.8, 4) is 0 Å². The maximum Gasteiger partial charge on any atom is 0.254 e. The average Bonchev–Trinajstić information content (AvgIpc) is 3.43. The second-order valence-electron chi connectivity index (χ2n) is 10.6. The first kappa shape index (κ1) is 27.6. The first-order chi connectivity index (χ1) is 16.7. The van der Waals surface area contributed by atoms with Gasteiger partial charge in [0.1, 0.15) is 0 Å². The molecule has 1 aromatic carbocycles. The van der Waals surface area contributed by atoms with Gasteiger partial charge < -0.3 is 19.7 Å². The Balaban J connectivity index is 0.00000361. The molecule has 1 fully saturated rings. The second-order valence-corrected chi connectivity index (χ2v) is 10.6. The summed E-state index contributed by atoms with van der Waals surface area (Å²) in [5.74, 6) is -0.0889. The topological polar surface area (TPSA) is 74.0 Å². The number of fused-ring (bicyclic) bond motifs is 1. The van der Waals surface area contributed by atoms with Crippen LogP contribution in [0.25, 0.3) is 5.52 Å². The first-order valence-corrected chi connectivity index (χ1v) is 12.7. The minimum atomic E-state index is -0.446. The molecule has 3 aromatic rings. The number of hydrogen-bond donors (Lipinski definition) is 2. The summed E-state index contributed by atoms with van der Waals surface area (Å²) < 4.78 is 1.89. The first-order valence-electron chi connectivity index (χ1n) is 12.7. The molecule has 1 aliphatic rings. The van der Waals surface area contributed by atoms with E-state index in [0.29, 0.717) is 36.3 Å². The highest BCUT2D eigenvalue weighted by Crippen LogP contribution is 2.23. The maximum absolute atomic E-state index is 13.5. The Morgan fingerprint density at radius 3 is 2.42 bits per heavy atom. The zero-order valence-electron chi connectivity index (χ0n) is 21.3. The summed E-state index contributed by atoms with van der Waals surface area (Å²) >= 11 is 0. The summed E-state index contributed by atoms with van der Waals surface area (Å²) in [5, 5.41) is 13.3. The monoisotopic (exact) mass is 491 g/mol. The molecule has 194 valence electrons. The molecule has 4 rings (SSSR count). The molecule has 36 heavy (non-hydrogen) atoms. The minimum Gasteiger partial charge on any atom is -0.391 e. The Kier molecular flexibility index (Phi) is 8.75. The number of aryl methyl sites for hydroxylation is 2. The molecule has 2 N–H and O–H groups in total. The number of rotatable bonds is 8. The Labute approximate surface area is 215 Å². The number of pyridine rings is 1. The molecule has 0 aliphatic carbocycles. The normalized spacial score (nSPS) is 15.8. The maximum atomic E-state index is 13.5. The van der Waals surface area contributed by atoms with Gasteiger partial charge in [-0.3, -0.25) is 9.59 Å². The van der Waals surface area contributed by atoms with Gasteiger partial charge in [-0.2, -0.15) is 0 Å². The van der Waals surface area contributed by atoms with Crippen LogP contribution in [0, 0.1) is 0 Å². The Morgan fingerprint density at radius 2 is 1.81 bits per heavy atom. The largest absolute Gasteiger partial charge is 0.391 e. The van der Waals surface area contributed by atoms with Crippen LogP contribution < -0.4 is 5.32 Å². The highest BCUT2D eigenvalue weighted by atomic mass is 16.3. The van der Waals surface area contributed by atoms with E-state index in [2.05, 4.69) is 26.1 Å². The van der Waals surface area contributed by atoms with Crippen molar-refractivity contribution in [1.29, 1.82) is 0 Å². The Hall–Kier alpha value is -2.96. The summed E-state index contributed by atoms with van der Waals surface area (Å²) in [5.41, 5.74) is 5.05. The SMILES string of the molecule is C.CCc1cc2cc(C(=O)N3CC[C@H](O)C3)ccn2c1C(=O)c1ccc(CCCNC(C)(C)C)cc1. The van der Waals surface area contributed by atoms with Gasteiger partial charge in [0.25, 0.3) is 5.91 Å². The van der Waals surface area contributed by atoms with Crippen LogP contribution in [-0.4, -0.2) is 57.4 Å². The van der Waals surface area contributed by atoms with E-state index in [0.717, 1.165) is 36.9 Å². The lowest BCUT2D eigenvalue weighted by atomic mass is 10.0. The molecule has 1 saturated heterocycles. The Bertz CT molecular complexity index is 1200. The number of carbonyl (C=O) groups excluding carboxylic acids is 2. The van der Waals surface area contributed by atoms with Crippen molar-refractivity contribution < 1.29 is 14.7 Å².